The Morgan fingerprint density at radius 1 is 1.04 bits per heavy atom. The van der Waals surface area contributed by atoms with E-state index in [2.05, 4.69) is 45.0 Å². The molecule has 2 N–H and O–H groups in total. The quantitative estimate of drug-likeness (QED) is 0.631. The summed E-state index contributed by atoms with van der Waals surface area (Å²) in [6.45, 7) is 6.67. The Morgan fingerprint density at radius 3 is 2.28 bits per heavy atom. The second-order valence-electron chi connectivity index (χ2n) is 8.65. The minimum Gasteiger partial charge on any atom is -0.481 e. The Labute approximate surface area is 152 Å². The first-order chi connectivity index (χ1) is 11.8. The second-order valence-corrected chi connectivity index (χ2v) is 8.65. The van der Waals surface area contributed by atoms with Gasteiger partial charge in [0.25, 0.3) is 0 Å². The summed E-state index contributed by atoms with van der Waals surface area (Å²) in [6, 6.07) is 8.84. The van der Waals surface area contributed by atoms with Gasteiger partial charge in [-0.05, 0) is 48.1 Å². The fourth-order valence-corrected chi connectivity index (χ4v) is 4.12. The Hall–Kier alpha value is -1.35. The predicted octanol–water partition coefficient (Wildman–Crippen LogP) is 5.26. The molecule has 0 bridgehead atoms. The number of aliphatic hydroxyl groups is 1. The average molecular weight is 347 g/mol. The molecule has 3 heteroatoms. The molecule has 0 heterocycles. The number of carboxylic acid groups (broad SMARTS) is 1. The van der Waals surface area contributed by atoms with Crippen LogP contribution in [0.1, 0.15) is 89.2 Å². The highest BCUT2D eigenvalue weighted by Crippen LogP contribution is 2.43. The third kappa shape index (κ3) is 5.85. The number of rotatable bonds is 8. The zero-order valence-corrected chi connectivity index (χ0v) is 16.0. The molecule has 1 aliphatic rings. The third-order valence-corrected chi connectivity index (χ3v) is 5.63. The number of aliphatic hydroxyl groups excluding tert-OH is 1. The Morgan fingerprint density at radius 2 is 1.68 bits per heavy atom. The molecule has 2 rings (SSSR count). The molecule has 3 unspecified atom stereocenters. The molecule has 0 aromatic heterocycles. The predicted molar refractivity (Wildman–Crippen MR) is 102 cm³/mol. The average Bonchev–Trinajstić information content (AvgIpc) is 2.90. The molecular weight excluding hydrogens is 312 g/mol. The van der Waals surface area contributed by atoms with E-state index in [1.54, 1.807) is 0 Å². The maximum atomic E-state index is 10.5. The van der Waals surface area contributed by atoms with Crippen LogP contribution < -0.4 is 0 Å². The van der Waals surface area contributed by atoms with Crippen molar-refractivity contribution >= 4 is 5.97 Å². The number of hydrogen-bond acceptors (Lipinski definition) is 2. The number of aliphatic carboxylic acids is 1. The summed E-state index contributed by atoms with van der Waals surface area (Å²) in [4.78, 5) is 10.5. The summed E-state index contributed by atoms with van der Waals surface area (Å²) in [5.41, 5.74) is 2.76. The van der Waals surface area contributed by atoms with E-state index in [1.807, 2.05) is 0 Å². The standard InChI is InChI=1S/C22H34O3/c1-22(2,3)18-13-10-17(11-14-18)21-16(12-15-19(21)23)8-6-4-5-7-9-20(24)25/h10-11,13-14,16,19,21,23H,4-9,12,15H2,1-3H3,(H,24,25). The van der Waals surface area contributed by atoms with Crippen LogP contribution in [0.2, 0.25) is 0 Å². The fourth-order valence-electron chi connectivity index (χ4n) is 4.12. The maximum absolute atomic E-state index is 10.5. The van der Waals surface area contributed by atoms with Crippen LogP contribution in [0.25, 0.3) is 0 Å². The van der Waals surface area contributed by atoms with E-state index in [1.165, 1.54) is 11.1 Å². The van der Waals surface area contributed by atoms with Gasteiger partial charge in [0.15, 0.2) is 0 Å². The maximum Gasteiger partial charge on any atom is 0.303 e. The van der Waals surface area contributed by atoms with E-state index in [0.717, 1.165) is 44.9 Å². The van der Waals surface area contributed by atoms with Crippen molar-refractivity contribution in [3.63, 3.8) is 0 Å². The van der Waals surface area contributed by atoms with Gasteiger partial charge in [0, 0.05) is 12.3 Å². The van der Waals surface area contributed by atoms with Crippen LogP contribution in [-0.4, -0.2) is 22.3 Å². The van der Waals surface area contributed by atoms with Gasteiger partial charge in [-0.3, -0.25) is 4.79 Å². The fraction of sp³-hybridized carbons (Fsp3) is 0.682. The minimum atomic E-state index is -0.697. The Kier molecular flexibility index (Phi) is 7.06. The van der Waals surface area contributed by atoms with Gasteiger partial charge in [-0.1, -0.05) is 64.3 Å². The van der Waals surface area contributed by atoms with Crippen molar-refractivity contribution in [2.75, 3.05) is 0 Å². The van der Waals surface area contributed by atoms with Crippen molar-refractivity contribution < 1.29 is 15.0 Å². The van der Waals surface area contributed by atoms with E-state index in [4.69, 9.17) is 5.11 Å². The first-order valence-corrected chi connectivity index (χ1v) is 9.79. The van der Waals surface area contributed by atoms with Crippen LogP contribution in [-0.2, 0) is 10.2 Å². The van der Waals surface area contributed by atoms with Crippen LogP contribution in [0.4, 0.5) is 0 Å². The van der Waals surface area contributed by atoms with Crippen LogP contribution in [0.3, 0.4) is 0 Å². The number of unbranched alkanes of at least 4 members (excludes halogenated alkanes) is 3. The summed E-state index contributed by atoms with van der Waals surface area (Å²) in [6.07, 6.45) is 7.19. The van der Waals surface area contributed by atoms with Gasteiger partial charge in [-0.25, -0.2) is 0 Å². The number of carboxylic acids is 1. The smallest absolute Gasteiger partial charge is 0.303 e. The van der Waals surface area contributed by atoms with E-state index in [-0.39, 0.29) is 23.9 Å². The lowest BCUT2D eigenvalue weighted by Gasteiger charge is -2.25. The lowest BCUT2D eigenvalue weighted by Crippen LogP contribution is -2.18. The van der Waals surface area contributed by atoms with E-state index in [9.17, 15) is 9.90 Å². The van der Waals surface area contributed by atoms with Crippen LogP contribution >= 0.6 is 0 Å². The zero-order valence-electron chi connectivity index (χ0n) is 16.0. The van der Waals surface area contributed by atoms with Crippen molar-refractivity contribution in [3.05, 3.63) is 35.4 Å². The van der Waals surface area contributed by atoms with Crippen LogP contribution in [0, 0.1) is 5.92 Å². The van der Waals surface area contributed by atoms with Gasteiger partial charge in [-0.15, -0.1) is 0 Å². The highest BCUT2D eigenvalue weighted by Gasteiger charge is 2.35. The molecule has 0 radical (unpaired) electrons. The van der Waals surface area contributed by atoms with Gasteiger partial charge < -0.3 is 10.2 Å². The highest BCUT2D eigenvalue weighted by molar-refractivity contribution is 5.66. The molecule has 1 aromatic carbocycles. The van der Waals surface area contributed by atoms with Gasteiger partial charge in [0.1, 0.15) is 0 Å². The summed E-state index contributed by atoms with van der Waals surface area (Å²) < 4.78 is 0. The van der Waals surface area contributed by atoms with Gasteiger partial charge in [0.05, 0.1) is 6.10 Å². The van der Waals surface area contributed by atoms with Crippen LogP contribution in [0.5, 0.6) is 0 Å². The van der Waals surface area contributed by atoms with Crippen molar-refractivity contribution in [1.29, 1.82) is 0 Å². The minimum absolute atomic E-state index is 0.155. The van der Waals surface area contributed by atoms with Gasteiger partial charge in [-0.2, -0.15) is 0 Å². The second kappa shape index (κ2) is 8.84. The first-order valence-electron chi connectivity index (χ1n) is 9.79. The molecule has 1 fully saturated rings. The van der Waals surface area contributed by atoms with Gasteiger partial charge >= 0.3 is 5.97 Å². The molecule has 1 aromatic rings. The molecule has 0 spiro atoms. The molecule has 1 aliphatic carbocycles. The summed E-state index contributed by atoms with van der Waals surface area (Å²) in [7, 11) is 0. The lowest BCUT2D eigenvalue weighted by molar-refractivity contribution is -0.137. The summed E-state index contributed by atoms with van der Waals surface area (Å²) in [5, 5.41) is 19.2. The summed E-state index contributed by atoms with van der Waals surface area (Å²) in [5.74, 6) is 0.112. The Balaban J connectivity index is 1.88. The first kappa shape index (κ1) is 20.0. The van der Waals surface area contributed by atoms with E-state index < -0.39 is 5.97 Å². The highest BCUT2D eigenvalue weighted by atomic mass is 16.4. The molecule has 3 nitrogen and oxygen atoms in total. The molecule has 0 aliphatic heterocycles. The zero-order chi connectivity index (χ0) is 18.4. The molecule has 0 saturated heterocycles. The normalized spacial score (nSPS) is 23.8. The molecule has 140 valence electrons. The summed E-state index contributed by atoms with van der Waals surface area (Å²) >= 11 is 0. The number of carbonyl (C=O) groups is 1. The third-order valence-electron chi connectivity index (χ3n) is 5.63. The Bertz CT molecular complexity index is 541. The van der Waals surface area contributed by atoms with Crippen molar-refractivity contribution in [2.45, 2.75) is 89.6 Å². The molecular formula is C22H34O3. The van der Waals surface area contributed by atoms with Crippen LogP contribution in [0.15, 0.2) is 24.3 Å². The SMILES string of the molecule is CC(C)(C)c1ccc(C2C(O)CCC2CCCCCCC(=O)O)cc1. The lowest BCUT2D eigenvalue weighted by atomic mass is 9.81. The van der Waals surface area contributed by atoms with Gasteiger partial charge in [0.2, 0.25) is 0 Å². The van der Waals surface area contributed by atoms with Crippen molar-refractivity contribution in [3.8, 4) is 0 Å². The van der Waals surface area contributed by atoms with E-state index >= 15 is 0 Å². The molecule has 1 saturated carbocycles. The monoisotopic (exact) mass is 346 g/mol. The largest absolute Gasteiger partial charge is 0.481 e. The molecule has 25 heavy (non-hydrogen) atoms. The molecule has 3 atom stereocenters. The van der Waals surface area contributed by atoms with E-state index in [0.29, 0.717) is 5.92 Å². The van der Waals surface area contributed by atoms with Crippen molar-refractivity contribution in [1.82, 2.24) is 0 Å². The topological polar surface area (TPSA) is 57.5 Å². The number of hydrogen-bond donors (Lipinski definition) is 2. The molecule has 0 amide bonds. The number of benzene rings is 1. The van der Waals surface area contributed by atoms with Crippen molar-refractivity contribution in [2.24, 2.45) is 5.92 Å².